The molecule has 2 heterocycles. The zero-order valence-electron chi connectivity index (χ0n) is 9.99. The molecular formula is C12H19N3S. The average Bonchev–Trinajstić information content (AvgIpc) is 2.59. The first kappa shape index (κ1) is 11.6. The first-order valence-electron chi connectivity index (χ1n) is 5.85. The van der Waals surface area contributed by atoms with Crippen LogP contribution in [0.4, 0.5) is 5.13 Å². The molecule has 0 aliphatic carbocycles. The van der Waals surface area contributed by atoms with Crippen LogP contribution in [0.15, 0.2) is 6.08 Å². The van der Waals surface area contributed by atoms with Crippen molar-refractivity contribution < 1.29 is 0 Å². The molecule has 0 atom stereocenters. The fourth-order valence-electron chi connectivity index (χ4n) is 2.15. The molecule has 1 aliphatic rings. The second-order valence-electron chi connectivity index (χ2n) is 4.25. The van der Waals surface area contributed by atoms with Gasteiger partial charge in [-0.15, -0.1) is 0 Å². The zero-order valence-corrected chi connectivity index (χ0v) is 10.8. The van der Waals surface area contributed by atoms with Crippen molar-refractivity contribution in [1.82, 2.24) is 9.88 Å². The van der Waals surface area contributed by atoms with Crippen molar-refractivity contribution in [3.05, 3.63) is 16.6 Å². The zero-order chi connectivity index (χ0) is 11.5. The van der Waals surface area contributed by atoms with Crippen LogP contribution in [-0.4, -0.2) is 29.5 Å². The smallest absolute Gasteiger partial charge is 0.180 e. The number of thiazole rings is 1. The lowest BCUT2D eigenvalue weighted by Gasteiger charge is -2.25. The highest BCUT2D eigenvalue weighted by molar-refractivity contribution is 7.16. The van der Waals surface area contributed by atoms with Gasteiger partial charge in [-0.3, -0.25) is 4.90 Å². The first-order valence-corrected chi connectivity index (χ1v) is 6.67. The lowest BCUT2D eigenvalue weighted by atomic mass is 10.1. The number of hydrogen-bond donors (Lipinski definition) is 1. The maximum absolute atomic E-state index is 5.73. The van der Waals surface area contributed by atoms with E-state index < -0.39 is 0 Å². The number of rotatable bonds is 3. The summed E-state index contributed by atoms with van der Waals surface area (Å²) in [6.07, 6.45) is 4.69. The van der Waals surface area contributed by atoms with Gasteiger partial charge in [0.15, 0.2) is 5.13 Å². The molecule has 0 spiro atoms. The van der Waals surface area contributed by atoms with Crippen molar-refractivity contribution in [3.63, 3.8) is 0 Å². The molecule has 0 unspecified atom stereocenters. The molecule has 2 rings (SSSR count). The van der Waals surface area contributed by atoms with Crippen LogP contribution >= 0.6 is 11.3 Å². The molecular weight excluding hydrogens is 218 g/mol. The second-order valence-corrected chi connectivity index (χ2v) is 5.28. The molecule has 4 heteroatoms. The highest BCUT2D eigenvalue weighted by atomic mass is 32.1. The summed E-state index contributed by atoms with van der Waals surface area (Å²) < 4.78 is 0. The van der Waals surface area contributed by atoms with Crippen molar-refractivity contribution in [2.75, 3.05) is 25.4 Å². The quantitative estimate of drug-likeness (QED) is 0.878. The Morgan fingerprint density at radius 2 is 2.38 bits per heavy atom. The minimum absolute atomic E-state index is 0.685. The molecule has 1 aromatic rings. The molecule has 1 aliphatic heterocycles. The van der Waals surface area contributed by atoms with Gasteiger partial charge in [-0.2, -0.15) is 0 Å². The van der Waals surface area contributed by atoms with Gasteiger partial charge in [0.05, 0.1) is 10.6 Å². The molecule has 16 heavy (non-hydrogen) atoms. The van der Waals surface area contributed by atoms with Crippen LogP contribution in [-0.2, 0) is 0 Å². The number of nitrogen functional groups attached to an aromatic ring is 1. The molecule has 0 amide bonds. The fraction of sp³-hybridized carbons (Fsp3) is 0.583. The van der Waals surface area contributed by atoms with Crippen LogP contribution in [0.1, 0.15) is 30.3 Å². The highest BCUT2D eigenvalue weighted by Crippen LogP contribution is 2.31. The van der Waals surface area contributed by atoms with Crippen LogP contribution < -0.4 is 5.73 Å². The number of nitrogens with zero attached hydrogens (tertiary/aromatic N) is 2. The third-order valence-corrected chi connectivity index (χ3v) is 4.00. The maximum Gasteiger partial charge on any atom is 0.180 e. The van der Waals surface area contributed by atoms with Crippen molar-refractivity contribution in [1.29, 1.82) is 0 Å². The van der Waals surface area contributed by atoms with Gasteiger partial charge in [0.1, 0.15) is 0 Å². The first-order chi connectivity index (χ1) is 7.70. The Kier molecular flexibility index (Phi) is 3.61. The predicted octanol–water partition coefficient (Wildman–Crippen LogP) is 2.53. The van der Waals surface area contributed by atoms with Gasteiger partial charge in [-0.1, -0.05) is 24.3 Å². The molecule has 0 aromatic carbocycles. The Balaban J connectivity index is 2.10. The Morgan fingerprint density at radius 1 is 1.56 bits per heavy atom. The van der Waals surface area contributed by atoms with E-state index in [2.05, 4.69) is 22.9 Å². The number of aryl methyl sites for hydroxylation is 1. The van der Waals surface area contributed by atoms with E-state index >= 15 is 0 Å². The Labute approximate surface area is 101 Å². The van der Waals surface area contributed by atoms with E-state index in [0.29, 0.717) is 5.13 Å². The summed E-state index contributed by atoms with van der Waals surface area (Å²) in [5.41, 5.74) is 8.24. The van der Waals surface area contributed by atoms with E-state index in [1.807, 2.05) is 6.92 Å². The molecule has 2 N–H and O–H groups in total. The molecule has 1 aromatic heterocycles. The molecule has 0 radical (unpaired) electrons. The number of anilines is 1. The Hall–Kier alpha value is -0.870. The minimum atomic E-state index is 0.685. The van der Waals surface area contributed by atoms with Crippen LogP contribution in [0.25, 0.3) is 5.57 Å². The topological polar surface area (TPSA) is 42.1 Å². The van der Waals surface area contributed by atoms with Gasteiger partial charge in [-0.25, -0.2) is 4.98 Å². The van der Waals surface area contributed by atoms with Gasteiger partial charge < -0.3 is 5.73 Å². The van der Waals surface area contributed by atoms with Crippen molar-refractivity contribution in [3.8, 4) is 0 Å². The number of hydrogen-bond acceptors (Lipinski definition) is 4. The van der Waals surface area contributed by atoms with Crippen LogP contribution in [0.3, 0.4) is 0 Å². The van der Waals surface area contributed by atoms with Gasteiger partial charge in [0.25, 0.3) is 0 Å². The Morgan fingerprint density at radius 3 is 2.88 bits per heavy atom. The summed E-state index contributed by atoms with van der Waals surface area (Å²) in [6.45, 7) is 7.71. The summed E-state index contributed by atoms with van der Waals surface area (Å²) in [5, 5.41) is 0.685. The number of nitrogens with two attached hydrogens (primary N) is 1. The maximum atomic E-state index is 5.73. The normalized spacial score (nSPS) is 17.5. The summed E-state index contributed by atoms with van der Waals surface area (Å²) >= 11 is 1.62. The van der Waals surface area contributed by atoms with Crippen LogP contribution in [0.2, 0.25) is 0 Å². The minimum Gasteiger partial charge on any atom is -0.375 e. The molecule has 0 saturated carbocycles. The predicted molar refractivity (Wildman–Crippen MR) is 70.6 cm³/mol. The summed E-state index contributed by atoms with van der Waals surface area (Å²) in [5.74, 6) is 0. The van der Waals surface area contributed by atoms with Gasteiger partial charge >= 0.3 is 0 Å². The Bertz CT molecular complexity index is 395. The molecule has 0 fully saturated rings. The standard InChI is InChI=1S/C12H19N3S/c1-3-6-15-7-4-10(5-8-15)11-9(2)14-12(13)16-11/h4H,3,5-8H2,1-2H3,(H2,13,14). The average molecular weight is 237 g/mol. The van der Waals surface area contributed by atoms with Crippen molar-refractivity contribution in [2.45, 2.75) is 26.7 Å². The van der Waals surface area contributed by atoms with Crippen molar-refractivity contribution in [2.24, 2.45) is 0 Å². The summed E-state index contributed by atoms with van der Waals surface area (Å²) in [4.78, 5) is 8.06. The summed E-state index contributed by atoms with van der Waals surface area (Å²) in [6, 6.07) is 0. The largest absolute Gasteiger partial charge is 0.375 e. The van der Waals surface area contributed by atoms with E-state index in [-0.39, 0.29) is 0 Å². The van der Waals surface area contributed by atoms with Crippen molar-refractivity contribution >= 4 is 22.0 Å². The third kappa shape index (κ3) is 2.44. The van der Waals surface area contributed by atoms with Crippen LogP contribution in [0, 0.1) is 6.92 Å². The van der Waals surface area contributed by atoms with E-state index in [9.17, 15) is 0 Å². The summed E-state index contributed by atoms with van der Waals surface area (Å²) in [7, 11) is 0. The van der Waals surface area contributed by atoms with Crippen LogP contribution in [0.5, 0.6) is 0 Å². The van der Waals surface area contributed by atoms with E-state index in [1.165, 1.54) is 23.4 Å². The fourth-order valence-corrected chi connectivity index (χ4v) is 3.05. The molecule has 3 nitrogen and oxygen atoms in total. The van der Waals surface area contributed by atoms with E-state index in [4.69, 9.17) is 5.73 Å². The van der Waals surface area contributed by atoms with E-state index in [0.717, 1.165) is 25.2 Å². The molecule has 0 saturated heterocycles. The van der Waals surface area contributed by atoms with Gasteiger partial charge in [0.2, 0.25) is 0 Å². The molecule has 88 valence electrons. The number of aromatic nitrogens is 1. The van der Waals surface area contributed by atoms with Gasteiger partial charge in [0, 0.05) is 13.1 Å². The van der Waals surface area contributed by atoms with E-state index in [1.54, 1.807) is 11.3 Å². The molecule has 0 bridgehead atoms. The SMILES string of the molecule is CCCN1CC=C(c2sc(N)nc2C)CC1. The lowest BCUT2D eigenvalue weighted by molar-refractivity contribution is 0.302. The lowest BCUT2D eigenvalue weighted by Crippen LogP contribution is -2.29. The third-order valence-electron chi connectivity index (χ3n) is 2.94. The van der Waals surface area contributed by atoms with Gasteiger partial charge in [-0.05, 0) is 31.9 Å². The second kappa shape index (κ2) is 4.97. The monoisotopic (exact) mass is 237 g/mol. The highest BCUT2D eigenvalue weighted by Gasteiger charge is 2.15.